The summed E-state index contributed by atoms with van der Waals surface area (Å²) >= 11 is 0. The summed E-state index contributed by atoms with van der Waals surface area (Å²) in [5.41, 5.74) is 10.9. The van der Waals surface area contributed by atoms with Crippen LogP contribution in [-0.2, 0) is 45.8 Å². The van der Waals surface area contributed by atoms with E-state index in [0.717, 1.165) is 42.5 Å². The maximum Gasteiger partial charge on any atom is 0.251 e. The molecule has 1 amide bonds. The molecule has 16 heteroatoms. The van der Waals surface area contributed by atoms with Gasteiger partial charge in [0, 0.05) is 29.5 Å². The van der Waals surface area contributed by atoms with Crippen molar-refractivity contribution in [3.05, 3.63) is 118 Å². The van der Waals surface area contributed by atoms with Crippen LogP contribution < -0.4 is 5.32 Å². The zero-order chi connectivity index (χ0) is 57.4. The number of hydrogen-bond donors (Lipinski definition) is 1. The lowest BCUT2D eigenvalue weighted by Crippen LogP contribution is -2.61. The van der Waals surface area contributed by atoms with Crippen LogP contribution >= 0.6 is 0 Å². The summed E-state index contributed by atoms with van der Waals surface area (Å²) in [6.45, 7) is 29.7. The normalized spacial score (nSPS) is 19.9. The molecule has 12 nitrogen and oxygen atoms in total. The van der Waals surface area contributed by atoms with Crippen molar-refractivity contribution < 1.29 is 46.1 Å². The highest BCUT2D eigenvalue weighted by atomic mass is 28.4. The fraction of sp³-hybridized carbons (Fsp3) is 0.694. The van der Waals surface area contributed by atoms with Crippen LogP contribution in [0.3, 0.4) is 0 Å². The van der Waals surface area contributed by atoms with Gasteiger partial charge in [0.15, 0.2) is 34.6 Å². The molecule has 0 radical (unpaired) electrons. The number of azide groups is 1. The van der Waals surface area contributed by atoms with E-state index in [1.165, 1.54) is 63.9 Å². The number of nitrogens with one attached hydrogen (secondary N) is 1. The van der Waals surface area contributed by atoms with Gasteiger partial charge in [-0.1, -0.05) is 205 Å². The molecule has 78 heavy (non-hydrogen) atoms. The van der Waals surface area contributed by atoms with Gasteiger partial charge in [0.05, 0.1) is 50.8 Å². The van der Waals surface area contributed by atoms with Crippen LogP contribution in [0, 0.1) is 23.5 Å². The standard InChI is InChI=1S/C62H100F2N4O8Si2/c1-14-15-16-17-18-19-20-21-22-23-24-31-36-54(75-77(10,11)61(4,5)6)58(76-78(12,13)62(7,8)9)53(67-59(69)50-37-38-51(63)52(64)39-50)44-73-60-57(72-43-49-34-29-26-30-35-49)47(3)56(71-42-48-32-27-25-28-33-48)55(74-60)45-70-41-46(2)40-66-68-65/h25-30,32-35,37-39,46-47,53-58,60H,14-24,31,36,40-45H2,1-13H3,(H,67,69)/t46?,47-,53-,54+,55?,56+,57?,58-,60-/m0/s1. The molecule has 4 rings (SSSR count). The van der Waals surface area contributed by atoms with E-state index in [0.29, 0.717) is 19.6 Å². The van der Waals surface area contributed by atoms with E-state index >= 15 is 0 Å². The molecule has 0 saturated carbocycles. The second kappa shape index (κ2) is 33.4. The molecule has 0 bridgehead atoms. The van der Waals surface area contributed by atoms with Gasteiger partial charge in [-0.3, -0.25) is 4.79 Å². The number of benzene rings is 3. The first-order valence-corrected chi connectivity index (χ1v) is 35.1. The minimum absolute atomic E-state index is 0.0373. The number of hydrogen-bond acceptors (Lipinski definition) is 9. The third kappa shape index (κ3) is 22.4. The Morgan fingerprint density at radius 3 is 1.77 bits per heavy atom. The van der Waals surface area contributed by atoms with Gasteiger partial charge in [-0.05, 0) is 83.5 Å². The van der Waals surface area contributed by atoms with Gasteiger partial charge in [0.25, 0.3) is 5.91 Å². The number of rotatable bonds is 36. The zero-order valence-corrected chi connectivity index (χ0v) is 52.0. The lowest BCUT2D eigenvalue weighted by atomic mass is 9.90. The van der Waals surface area contributed by atoms with Crippen molar-refractivity contribution in [2.75, 3.05) is 26.4 Å². The summed E-state index contributed by atoms with van der Waals surface area (Å²) < 4.78 is 78.6. The fourth-order valence-corrected chi connectivity index (χ4v) is 12.0. The van der Waals surface area contributed by atoms with Crippen LogP contribution in [0.1, 0.15) is 167 Å². The van der Waals surface area contributed by atoms with Crippen LogP contribution in [0.4, 0.5) is 8.78 Å². The summed E-state index contributed by atoms with van der Waals surface area (Å²) in [6, 6.07) is 22.2. The van der Waals surface area contributed by atoms with E-state index in [9.17, 15) is 13.6 Å². The van der Waals surface area contributed by atoms with Gasteiger partial charge in [-0.25, -0.2) is 8.78 Å². The van der Waals surface area contributed by atoms with Crippen molar-refractivity contribution in [2.24, 2.45) is 17.0 Å². The SMILES string of the molecule is CCCCCCCCCCCCCC[C@@H](O[Si](C)(C)C(C)(C)C)[C@@H](O[Si](C)(C)C(C)(C)C)[C@H](CO[C@H]1OC(COCC(C)CN=[N+]=[N-])[C@H](OCc2ccccc2)[C@H](C)C1OCc1ccccc1)NC(=O)c1ccc(F)c(F)c1. The van der Waals surface area contributed by atoms with Crippen molar-refractivity contribution in [2.45, 2.75) is 238 Å². The highest BCUT2D eigenvalue weighted by Gasteiger charge is 2.49. The Morgan fingerprint density at radius 1 is 0.718 bits per heavy atom. The molecule has 1 N–H and O–H groups in total. The van der Waals surface area contributed by atoms with Crippen LogP contribution in [-0.4, -0.2) is 91.8 Å². The predicted molar refractivity (Wildman–Crippen MR) is 315 cm³/mol. The molecule has 3 aromatic rings. The largest absolute Gasteiger partial charge is 0.411 e. The van der Waals surface area contributed by atoms with Gasteiger partial charge in [0.1, 0.15) is 12.2 Å². The molecule has 1 aliphatic rings. The second-order valence-electron chi connectivity index (χ2n) is 25.0. The first kappa shape index (κ1) is 67.0. The van der Waals surface area contributed by atoms with Crippen molar-refractivity contribution in [3.8, 4) is 0 Å². The number of nitrogens with zero attached hydrogens (tertiary/aromatic N) is 3. The zero-order valence-electron chi connectivity index (χ0n) is 50.0. The lowest BCUT2D eigenvalue weighted by molar-refractivity contribution is -0.309. The molecule has 0 aromatic heterocycles. The molecule has 3 aromatic carbocycles. The third-order valence-corrected chi connectivity index (χ3v) is 25.2. The molecular weight excluding hydrogens is 1020 g/mol. The minimum Gasteiger partial charge on any atom is -0.411 e. The van der Waals surface area contributed by atoms with Crippen LogP contribution in [0.2, 0.25) is 36.3 Å². The Bertz CT molecular complexity index is 2210. The molecule has 9 atom stereocenters. The number of carbonyl (C=O) groups excluding carboxylic acids is 1. The molecular formula is C62H100F2N4O8Si2. The van der Waals surface area contributed by atoms with Crippen molar-refractivity contribution in [1.82, 2.24) is 5.32 Å². The molecule has 1 aliphatic heterocycles. The number of ether oxygens (including phenoxy) is 5. The first-order valence-electron chi connectivity index (χ1n) is 29.3. The second-order valence-corrected chi connectivity index (χ2v) is 34.5. The summed E-state index contributed by atoms with van der Waals surface area (Å²) in [6.07, 6.45) is 11.2. The maximum atomic E-state index is 14.9. The Hall–Kier alpha value is -3.55. The Morgan fingerprint density at radius 2 is 1.24 bits per heavy atom. The lowest BCUT2D eigenvalue weighted by Gasteiger charge is -2.48. The maximum absolute atomic E-state index is 14.9. The van der Waals surface area contributed by atoms with Crippen LogP contribution in [0.25, 0.3) is 10.4 Å². The van der Waals surface area contributed by atoms with Crippen molar-refractivity contribution >= 4 is 22.5 Å². The first-order chi connectivity index (χ1) is 37.0. The molecule has 438 valence electrons. The van der Waals surface area contributed by atoms with Crippen molar-refractivity contribution in [3.63, 3.8) is 0 Å². The van der Waals surface area contributed by atoms with E-state index in [4.69, 9.17) is 38.1 Å². The fourth-order valence-electron chi connectivity index (χ4n) is 9.28. The quantitative estimate of drug-likeness (QED) is 0.0199. The third-order valence-electron chi connectivity index (χ3n) is 16.2. The Kier molecular flexibility index (Phi) is 28.7. The molecule has 1 saturated heterocycles. The van der Waals surface area contributed by atoms with Gasteiger partial charge >= 0.3 is 0 Å². The van der Waals surface area contributed by atoms with E-state index < -0.39 is 77.0 Å². The van der Waals surface area contributed by atoms with Gasteiger partial charge in [0.2, 0.25) is 0 Å². The average molecular weight is 1120 g/mol. The smallest absolute Gasteiger partial charge is 0.251 e. The monoisotopic (exact) mass is 1120 g/mol. The topological polar surface area (TPSA) is 142 Å². The highest BCUT2D eigenvalue weighted by Crippen LogP contribution is 2.42. The number of unbranched alkanes of at least 4 members (excludes halogenated alkanes) is 11. The summed E-state index contributed by atoms with van der Waals surface area (Å²) in [5, 5.41) is 6.61. The van der Waals surface area contributed by atoms with Crippen LogP contribution in [0.5, 0.6) is 0 Å². The van der Waals surface area contributed by atoms with E-state index in [-0.39, 0.29) is 53.8 Å². The van der Waals surface area contributed by atoms with Gasteiger partial charge in [-0.2, -0.15) is 0 Å². The summed E-state index contributed by atoms with van der Waals surface area (Å²) in [5.74, 6) is -3.13. The van der Waals surface area contributed by atoms with Crippen molar-refractivity contribution in [1.29, 1.82) is 0 Å². The Balaban J connectivity index is 1.79. The summed E-state index contributed by atoms with van der Waals surface area (Å²) in [4.78, 5) is 17.6. The summed E-state index contributed by atoms with van der Waals surface area (Å²) in [7, 11) is -5.20. The highest BCUT2D eigenvalue weighted by molar-refractivity contribution is 6.74. The molecule has 1 fully saturated rings. The molecule has 3 unspecified atom stereocenters. The van der Waals surface area contributed by atoms with E-state index in [1.807, 2.05) is 67.6 Å². The average Bonchev–Trinajstić information content (AvgIpc) is 3.43. The van der Waals surface area contributed by atoms with Gasteiger partial charge < -0.3 is 37.9 Å². The van der Waals surface area contributed by atoms with Crippen LogP contribution in [0.15, 0.2) is 84.0 Å². The molecule has 0 spiro atoms. The minimum atomic E-state index is -2.68. The number of amides is 1. The Labute approximate surface area is 471 Å². The molecule has 1 heterocycles. The molecule has 0 aliphatic carbocycles. The predicted octanol–water partition coefficient (Wildman–Crippen LogP) is 16.4. The number of carbonyl (C=O) groups is 1. The van der Waals surface area contributed by atoms with E-state index in [1.54, 1.807) is 0 Å². The van der Waals surface area contributed by atoms with E-state index in [2.05, 4.69) is 96.9 Å². The number of halogens is 2. The van der Waals surface area contributed by atoms with Gasteiger partial charge in [-0.15, -0.1) is 0 Å².